The van der Waals surface area contributed by atoms with Gasteiger partial charge in [-0.25, -0.2) is 0 Å². The molecule has 1 rings (SSSR count). The van der Waals surface area contributed by atoms with Crippen LogP contribution in [-0.4, -0.2) is 30.3 Å². The number of allylic oxidation sites excluding steroid dienone is 1. The van der Waals surface area contributed by atoms with Crippen LogP contribution < -0.4 is 16.4 Å². The van der Waals surface area contributed by atoms with E-state index in [1.807, 2.05) is 0 Å². The number of nitrogens with two attached hydrogens (primary N) is 1. The van der Waals surface area contributed by atoms with Gasteiger partial charge in [0.2, 0.25) is 11.8 Å². The molecule has 21 heavy (non-hydrogen) atoms. The van der Waals surface area contributed by atoms with E-state index >= 15 is 0 Å². The molecular weight excluding hydrogens is 270 g/mol. The van der Waals surface area contributed by atoms with E-state index < -0.39 is 17.9 Å². The maximum Gasteiger partial charge on any atom is 0.251 e. The number of rotatable bonds is 8. The molecule has 0 aliphatic carbocycles. The molecule has 1 aromatic carbocycles. The molecule has 1 atom stereocenters. The number of carbonyl (C=O) groups is 3. The number of primary amides is 1. The largest absolute Gasteiger partial charge is 0.368 e. The van der Waals surface area contributed by atoms with Crippen molar-refractivity contribution in [1.82, 2.24) is 10.6 Å². The molecule has 0 saturated carbocycles. The second-order valence-electron chi connectivity index (χ2n) is 4.44. The van der Waals surface area contributed by atoms with Crippen molar-refractivity contribution in [3.8, 4) is 0 Å². The molecule has 0 heterocycles. The van der Waals surface area contributed by atoms with Gasteiger partial charge >= 0.3 is 0 Å². The van der Waals surface area contributed by atoms with Crippen LogP contribution in [0, 0.1) is 0 Å². The molecule has 0 spiro atoms. The smallest absolute Gasteiger partial charge is 0.251 e. The summed E-state index contributed by atoms with van der Waals surface area (Å²) in [5.74, 6) is -1.43. The van der Waals surface area contributed by atoms with Crippen molar-refractivity contribution in [1.29, 1.82) is 0 Å². The minimum absolute atomic E-state index is 0.217. The summed E-state index contributed by atoms with van der Waals surface area (Å²) in [5.41, 5.74) is 5.66. The fraction of sp³-hybridized carbons (Fsp3) is 0.267. The molecule has 4 N–H and O–H groups in total. The van der Waals surface area contributed by atoms with Crippen LogP contribution in [0.25, 0.3) is 0 Å². The summed E-state index contributed by atoms with van der Waals surface area (Å²) in [7, 11) is 0. The summed E-state index contributed by atoms with van der Waals surface area (Å²) in [6, 6.07) is 7.78. The number of benzene rings is 1. The highest BCUT2D eigenvalue weighted by Crippen LogP contribution is 1.98. The van der Waals surface area contributed by atoms with E-state index in [0.717, 1.165) is 0 Å². The zero-order valence-corrected chi connectivity index (χ0v) is 11.7. The Hall–Kier alpha value is -2.63. The van der Waals surface area contributed by atoms with Crippen LogP contribution >= 0.6 is 0 Å². The molecule has 0 aromatic heterocycles. The first-order valence-corrected chi connectivity index (χ1v) is 6.57. The predicted octanol–water partition coefficient (Wildman–Crippen LogP) is 0.353. The SMILES string of the molecule is C=CCC[C@@H](NC(=O)CNC(=O)c1ccccc1)C(N)=O. The van der Waals surface area contributed by atoms with E-state index in [9.17, 15) is 14.4 Å². The maximum atomic E-state index is 11.7. The molecule has 6 nitrogen and oxygen atoms in total. The Morgan fingerprint density at radius 1 is 1.24 bits per heavy atom. The van der Waals surface area contributed by atoms with Crippen LogP contribution in [0.3, 0.4) is 0 Å². The van der Waals surface area contributed by atoms with Gasteiger partial charge in [-0.1, -0.05) is 24.3 Å². The summed E-state index contributed by atoms with van der Waals surface area (Å²) in [4.78, 5) is 34.6. The van der Waals surface area contributed by atoms with Gasteiger partial charge < -0.3 is 16.4 Å². The molecule has 1 aromatic rings. The van der Waals surface area contributed by atoms with E-state index in [-0.39, 0.29) is 12.5 Å². The first-order valence-electron chi connectivity index (χ1n) is 6.57. The van der Waals surface area contributed by atoms with Crippen molar-refractivity contribution in [3.63, 3.8) is 0 Å². The predicted molar refractivity (Wildman–Crippen MR) is 79.3 cm³/mol. The average Bonchev–Trinajstić information content (AvgIpc) is 2.49. The van der Waals surface area contributed by atoms with E-state index in [2.05, 4.69) is 17.2 Å². The van der Waals surface area contributed by atoms with Crippen molar-refractivity contribution in [2.75, 3.05) is 6.54 Å². The lowest BCUT2D eigenvalue weighted by Gasteiger charge is -2.14. The lowest BCUT2D eigenvalue weighted by molar-refractivity contribution is -0.126. The van der Waals surface area contributed by atoms with E-state index in [1.54, 1.807) is 36.4 Å². The lowest BCUT2D eigenvalue weighted by atomic mass is 10.1. The van der Waals surface area contributed by atoms with Crippen LogP contribution in [0.4, 0.5) is 0 Å². The highest BCUT2D eigenvalue weighted by atomic mass is 16.2. The van der Waals surface area contributed by atoms with E-state index in [1.165, 1.54) is 0 Å². The summed E-state index contributed by atoms with van der Waals surface area (Å²) in [5, 5.41) is 4.96. The Balaban J connectivity index is 2.44. The fourth-order valence-corrected chi connectivity index (χ4v) is 1.67. The summed E-state index contributed by atoms with van der Waals surface area (Å²) >= 11 is 0. The van der Waals surface area contributed by atoms with Gasteiger partial charge in [0, 0.05) is 5.56 Å². The van der Waals surface area contributed by atoms with Crippen LogP contribution in [0.2, 0.25) is 0 Å². The minimum Gasteiger partial charge on any atom is -0.368 e. The van der Waals surface area contributed by atoms with Gasteiger partial charge in [0.15, 0.2) is 0 Å². The molecule has 0 saturated heterocycles. The van der Waals surface area contributed by atoms with Crippen molar-refractivity contribution in [2.45, 2.75) is 18.9 Å². The molecule has 3 amide bonds. The third kappa shape index (κ3) is 5.90. The molecule has 0 radical (unpaired) electrons. The minimum atomic E-state index is -0.760. The molecule has 0 unspecified atom stereocenters. The highest BCUT2D eigenvalue weighted by Gasteiger charge is 2.17. The molecular formula is C15H19N3O3. The average molecular weight is 289 g/mol. The fourth-order valence-electron chi connectivity index (χ4n) is 1.67. The zero-order chi connectivity index (χ0) is 15.7. The lowest BCUT2D eigenvalue weighted by Crippen LogP contribution is -2.47. The zero-order valence-electron chi connectivity index (χ0n) is 11.7. The van der Waals surface area contributed by atoms with Crippen molar-refractivity contribution >= 4 is 17.7 Å². The van der Waals surface area contributed by atoms with Gasteiger partial charge in [-0.05, 0) is 25.0 Å². The van der Waals surface area contributed by atoms with Gasteiger partial charge in [0.05, 0.1) is 6.54 Å². The number of hydrogen-bond donors (Lipinski definition) is 3. The van der Waals surface area contributed by atoms with Gasteiger partial charge in [-0.3, -0.25) is 14.4 Å². The Morgan fingerprint density at radius 2 is 1.90 bits per heavy atom. The first-order chi connectivity index (χ1) is 10.0. The second-order valence-corrected chi connectivity index (χ2v) is 4.44. The number of amides is 3. The van der Waals surface area contributed by atoms with E-state index in [0.29, 0.717) is 18.4 Å². The molecule has 0 fully saturated rings. The van der Waals surface area contributed by atoms with Crippen LogP contribution in [-0.2, 0) is 9.59 Å². The normalized spacial score (nSPS) is 11.2. The Bertz CT molecular complexity index is 514. The van der Waals surface area contributed by atoms with Crippen LogP contribution in [0.15, 0.2) is 43.0 Å². The van der Waals surface area contributed by atoms with Crippen molar-refractivity contribution in [3.05, 3.63) is 48.6 Å². The molecule has 0 bridgehead atoms. The summed E-state index contributed by atoms with van der Waals surface area (Å²) < 4.78 is 0. The standard InChI is InChI=1S/C15H19N3O3/c1-2-3-9-12(14(16)20)18-13(19)10-17-15(21)11-7-5-4-6-8-11/h2,4-8,12H,1,3,9-10H2,(H2,16,20)(H,17,21)(H,18,19)/t12-/m1/s1. The topological polar surface area (TPSA) is 101 Å². The van der Waals surface area contributed by atoms with Gasteiger partial charge in [-0.15, -0.1) is 6.58 Å². The van der Waals surface area contributed by atoms with Gasteiger partial charge in [0.25, 0.3) is 5.91 Å². The first kappa shape index (κ1) is 16.4. The van der Waals surface area contributed by atoms with Gasteiger partial charge in [0.1, 0.15) is 6.04 Å². The number of hydrogen-bond acceptors (Lipinski definition) is 3. The third-order valence-electron chi connectivity index (χ3n) is 2.78. The molecule has 6 heteroatoms. The molecule has 0 aliphatic heterocycles. The Morgan fingerprint density at radius 3 is 2.48 bits per heavy atom. The number of carbonyl (C=O) groups excluding carboxylic acids is 3. The third-order valence-corrected chi connectivity index (χ3v) is 2.78. The van der Waals surface area contributed by atoms with Crippen molar-refractivity contribution in [2.24, 2.45) is 5.73 Å². The van der Waals surface area contributed by atoms with Gasteiger partial charge in [-0.2, -0.15) is 0 Å². The van der Waals surface area contributed by atoms with Crippen LogP contribution in [0.1, 0.15) is 23.2 Å². The number of nitrogens with one attached hydrogen (secondary N) is 2. The molecule has 0 aliphatic rings. The Kier molecular flexibility index (Phi) is 6.67. The summed E-state index contributed by atoms with van der Waals surface area (Å²) in [6.07, 6.45) is 2.58. The monoisotopic (exact) mass is 289 g/mol. The highest BCUT2D eigenvalue weighted by molar-refractivity contribution is 5.97. The maximum absolute atomic E-state index is 11.7. The molecule has 112 valence electrons. The summed E-state index contributed by atoms with van der Waals surface area (Å²) in [6.45, 7) is 3.33. The quantitative estimate of drug-likeness (QED) is 0.602. The Labute approximate surface area is 123 Å². The van der Waals surface area contributed by atoms with Crippen molar-refractivity contribution < 1.29 is 14.4 Å². The van der Waals surface area contributed by atoms with E-state index in [4.69, 9.17) is 5.73 Å². The van der Waals surface area contributed by atoms with Crippen LogP contribution in [0.5, 0.6) is 0 Å². The second kappa shape index (κ2) is 8.52.